The van der Waals surface area contributed by atoms with E-state index in [0.29, 0.717) is 6.54 Å². The molecule has 0 bridgehead atoms. The van der Waals surface area contributed by atoms with Gasteiger partial charge in [-0.2, -0.15) is 0 Å². The molecule has 1 aromatic carbocycles. The second-order valence-electron chi connectivity index (χ2n) is 5.24. The van der Waals surface area contributed by atoms with E-state index in [1.165, 1.54) is 5.41 Å². The highest BCUT2D eigenvalue weighted by Gasteiger charge is 2.27. The Morgan fingerprint density at radius 2 is 1.90 bits per heavy atom. The van der Waals surface area contributed by atoms with Crippen LogP contribution in [0.4, 0.5) is 0 Å². The van der Waals surface area contributed by atoms with Crippen molar-refractivity contribution in [1.82, 2.24) is 4.72 Å². The van der Waals surface area contributed by atoms with Crippen molar-refractivity contribution in [2.24, 2.45) is 11.8 Å². The van der Waals surface area contributed by atoms with E-state index in [1.807, 2.05) is 30.3 Å². The van der Waals surface area contributed by atoms with Crippen molar-refractivity contribution >= 4 is 16.1 Å². The molecule has 0 radical (unpaired) electrons. The van der Waals surface area contributed by atoms with Gasteiger partial charge in [-0.25, -0.2) is 13.1 Å². The standard InChI is InChI=1S/C15H21NO3S/c17-12-15-8-4-7-14(15)11-16-20(18,19)10-9-13-5-2-1-3-6-13/h1-3,5-6,9-10,14-17H,4,7-8,11-12H2. The summed E-state index contributed by atoms with van der Waals surface area (Å²) in [5.74, 6) is 0.482. The van der Waals surface area contributed by atoms with Crippen LogP contribution in [0.1, 0.15) is 24.8 Å². The molecule has 0 heterocycles. The van der Waals surface area contributed by atoms with Crippen molar-refractivity contribution in [2.45, 2.75) is 19.3 Å². The number of aliphatic hydroxyl groups is 1. The van der Waals surface area contributed by atoms with Gasteiger partial charge < -0.3 is 5.11 Å². The molecule has 2 rings (SSSR count). The summed E-state index contributed by atoms with van der Waals surface area (Å²) >= 11 is 0. The Kier molecular flexibility index (Phi) is 5.34. The second kappa shape index (κ2) is 7.02. The Morgan fingerprint density at radius 3 is 2.60 bits per heavy atom. The van der Waals surface area contributed by atoms with Gasteiger partial charge in [0.2, 0.25) is 10.0 Å². The van der Waals surface area contributed by atoms with Crippen molar-refractivity contribution in [1.29, 1.82) is 0 Å². The lowest BCUT2D eigenvalue weighted by Crippen LogP contribution is -2.30. The molecule has 1 aliphatic rings. The molecule has 1 aliphatic carbocycles. The third kappa shape index (κ3) is 4.44. The quantitative estimate of drug-likeness (QED) is 0.843. The van der Waals surface area contributed by atoms with Gasteiger partial charge >= 0.3 is 0 Å². The van der Waals surface area contributed by atoms with Crippen LogP contribution >= 0.6 is 0 Å². The van der Waals surface area contributed by atoms with Crippen molar-refractivity contribution in [3.05, 3.63) is 41.3 Å². The van der Waals surface area contributed by atoms with Crippen LogP contribution in [-0.2, 0) is 10.0 Å². The van der Waals surface area contributed by atoms with Crippen LogP contribution in [0.15, 0.2) is 35.7 Å². The van der Waals surface area contributed by atoms with Gasteiger partial charge in [0.05, 0.1) is 0 Å². The summed E-state index contributed by atoms with van der Waals surface area (Å²) in [5.41, 5.74) is 0.854. The van der Waals surface area contributed by atoms with E-state index in [1.54, 1.807) is 6.08 Å². The van der Waals surface area contributed by atoms with E-state index in [4.69, 9.17) is 0 Å². The molecule has 0 aliphatic heterocycles. The predicted molar refractivity (Wildman–Crippen MR) is 80.3 cm³/mol. The zero-order valence-electron chi connectivity index (χ0n) is 11.4. The first-order chi connectivity index (χ1) is 9.61. The largest absolute Gasteiger partial charge is 0.396 e. The second-order valence-corrected chi connectivity index (χ2v) is 6.89. The zero-order valence-corrected chi connectivity index (χ0v) is 12.2. The smallest absolute Gasteiger partial charge is 0.233 e. The molecular formula is C15H21NO3S. The molecule has 0 spiro atoms. The van der Waals surface area contributed by atoms with Gasteiger partial charge in [0.25, 0.3) is 0 Å². The van der Waals surface area contributed by atoms with E-state index in [0.717, 1.165) is 24.8 Å². The summed E-state index contributed by atoms with van der Waals surface area (Å²) in [6.45, 7) is 0.555. The number of aliphatic hydroxyl groups excluding tert-OH is 1. The molecule has 1 aromatic rings. The number of nitrogens with one attached hydrogen (secondary N) is 1. The van der Waals surface area contributed by atoms with Crippen LogP contribution in [0, 0.1) is 11.8 Å². The molecule has 1 fully saturated rings. The van der Waals surface area contributed by atoms with Gasteiger partial charge in [0.1, 0.15) is 0 Å². The molecule has 1 saturated carbocycles. The first-order valence-corrected chi connectivity index (χ1v) is 8.49. The number of sulfonamides is 1. The topological polar surface area (TPSA) is 66.4 Å². The molecule has 0 amide bonds. The minimum atomic E-state index is -3.41. The molecular weight excluding hydrogens is 274 g/mol. The Labute approximate surface area is 120 Å². The van der Waals surface area contributed by atoms with Crippen LogP contribution in [0.2, 0.25) is 0 Å². The lowest BCUT2D eigenvalue weighted by molar-refractivity contribution is 0.195. The molecule has 2 N–H and O–H groups in total. The van der Waals surface area contributed by atoms with E-state index in [-0.39, 0.29) is 18.4 Å². The Bertz CT molecular complexity index is 539. The fourth-order valence-corrected chi connectivity index (χ4v) is 3.51. The van der Waals surface area contributed by atoms with Crippen molar-refractivity contribution in [2.75, 3.05) is 13.2 Å². The fourth-order valence-electron chi connectivity index (χ4n) is 2.63. The molecule has 0 aromatic heterocycles. The van der Waals surface area contributed by atoms with Crippen molar-refractivity contribution in [3.63, 3.8) is 0 Å². The van der Waals surface area contributed by atoms with Crippen LogP contribution in [0.25, 0.3) is 6.08 Å². The third-order valence-electron chi connectivity index (χ3n) is 3.84. The average Bonchev–Trinajstić information content (AvgIpc) is 2.92. The minimum absolute atomic E-state index is 0.145. The maximum Gasteiger partial charge on any atom is 0.233 e. The molecule has 4 nitrogen and oxygen atoms in total. The Hall–Kier alpha value is -1.17. The summed E-state index contributed by atoms with van der Waals surface area (Å²) in [7, 11) is -3.41. The molecule has 20 heavy (non-hydrogen) atoms. The Morgan fingerprint density at radius 1 is 1.20 bits per heavy atom. The van der Waals surface area contributed by atoms with E-state index in [9.17, 15) is 13.5 Å². The van der Waals surface area contributed by atoms with Crippen LogP contribution in [-0.4, -0.2) is 26.7 Å². The molecule has 0 saturated heterocycles. The monoisotopic (exact) mass is 295 g/mol. The number of benzene rings is 1. The predicted octanol–water partition coefficient (Wildman–Crippen LogP) is 1.99. The highest BCUT2D eigenvalue weighted by Crippen LogP contribution is 2.30. The van der Waals surface area contributed by atoms with Crippen LogP contribution < -0.4 is 4.72 Å². The lowest BCUT2D eigenvalue weighted by Gasteiger charge is -2.16. The van der Waals surface area contributed by atoms with Gasteiger partial charge in [-0.3, -0.25) is 0 Å². The summed E-state index contributed by atoms with van der Waals surface area (Å²) in [4.78, 5) is 0. The fraction of sp³-hybridized carbons (Fsp3) is 0.467. The van der Waals surface area contributed by atoms with Crippen LogP contribution in [0.5, 0.6) is 0 Å². The summed E-state index contributed by atoms with van der Waals surface area (Å²) in [6, 6.07) is 9.32. The van der Waals surface area contributed by atoms with E-state index < -0.39 is 10.0 Å². The Balaban J connectivity index is 1.90. The van der Waals surface area contributed by atoms with Gasteiger partial charge in [-0.1, -0.05) is 36.8 Å². The molecule has 2 atom stereocenters. The number of hydrogen-bond donors (Lipinski definition) is 2. The van der Waals surface area contributed by atoms with Gasteiger partial charge in [-0.15, -0.1) is 0 Å². The lowest BCUT2D eigenvalue weighted by atomic mass is 9.97. The van der Waals surface area contributed by atoms with Crippen molar-refractivity contribution < 1.29 is 13.5 Å². The van der Waals surface area contributed by atoms with Crippen molar-refractivity contribution in [3.8, 4) is 0 Å². The maximum atomic E-state index is 11.9. The molecule has 110 valence electrons. The number of hydrogen-bond acceptors (Lipinski definition) is 3. The minimum Gasteiger partial charge on any atom is -0.396 e. The molecule has 2 unspecified atom stereocenters. The van der Waals surface area contributed by atoms with Gasteiger partial charge in [0.15, 0.2) is 0 Å². The third-order valence-corrected chi connectivity index (χ3v) is 4.90. The summed E-state index contributed by atoms with van der Waals surface area (Å²) < 4.78 is 26.4. The number of rotatable bonds is 6. The van der Waals surface area contributed by atoms with Crippen LogP contribution in [0.3, 0.4) is 0 Å². The van der Waals surface area contributed by atoms with E-state index in [2.05, 4.69) is 4.72 Å². The molecule has 5 heteroatoms. The highest BCUT2D eigenvalue weighted by molar-refractivity contribution is 7.92. The first-order valence-electron chi connectivity index (χ1n) is 6.94. The van der Waals surface area contributed by atoms with E-state index >= 15 is 0 Å². The SMILES string of the molecule is O=S(=O)(C=Cc1ccccc1)NCC1CCCC1CO. The average molecular weight is 295 g/mol. The summed E-state index contributed by atoms with van der Waals surface area (Å²) in [5, 5.41) is 10.4. The zero-order chi connectivity index (χ0) is 14.4. The summed E-state index contributed by atoms with van der Waals surface area (Å²) in [6.07, 6.45) is 4.62. The maximum absolute atomic E-state index is 11.9. The normalized spacial score (nSPS) is 23.4. The first kappa shape index (κ1) is 15.2. The highest BCUT2D eigenvalue weighted by atomic mass is 32.2. The van der Waals surface area contributed by atoms with Gasteiger partial charge in [0, 0.05) is 18.6 Å². The van der Waals surface area contributed by atoms with Gasteiger partial charge in [-0.05, 0) is 36.3 Å².